The highest BCUT2D eigenvalue weighted by Crippen LogP contribution is 2.36. The molecule has 3 aliphatic heterocycles. The van der Waals surface area contributed by atoms with Crippen LogP contribution < -0.4 is 5.32 Å². The fraction of sp³-hybridized carbons (Fsp3) is 0.710. The fourth-order valence-electron chi connectivity index (χ4n) is 6.99. The molecule has 5 rings (SSSR count). The number of aryl methyl sites for hydroxylation is 2. The Kier molecular flexibility index (Phi) is 8.40. The fourth-order valence-corrected chi connectivity index (χ4v) is 8.45. The van der Waals surface area contributed by atoms with Gasteiger partial charge in [-0.2, -0.15) is 0 Å². The Balaban J connectivity index is 1.18. The lowest BCUT2D eigenvalue weighted by atomic mass is 9.82. The molecule has 1 aromatic carbocycles. The van der Waals surface area contributed by atoms with Crippen molar-refractivity contribution in [1.82, 2.24) is 14.5 Å². The van der Waals surface area contributed by atoms with E-state index in [1.54, 1.807) is 4.90 Å². The number of carbonyl (C=O) groups is 2. The number of rotatable bonds is 6. The van der Waals surface area contributed by atoms with Gasteiger partial charge in [0.15, 0.2) is 0 Å². The first-order valence-electron chi connectivity index (χ1n) is 15.3. The third-order valence-electron chi connectivity index (χ3n) is 10.0. The Labute approximate surface area is 244 Å². The van der Waals surface area contributed by atoms with Crippen LogP contribution in [0.15, 0.2) is 17.1 Å². The molecule has 1 saturated carbocycles. The minimum Gasteiger partial charge on any atom is -0.390 e. The zero-order valence-electron chi connectivity index (χ0n) is 25.0. The van der Waals surface area contributed by atoms with Gasteiger partial charge < -0.3 is 15.3 Å². The number of nitrogens with zero attached hydrogens (tertiary/aromatic N) is 3. The summed E-state index contributed by atoms with van der Waals surface area (Å²) in [7, 11) is -3.52. The molecule has 2 amide bonds. The number of nitrogens with one attached hydrogen (secondary N) is 1. The Bertz CT molecular complexity index is 1290. The number of sulfonamides is 1. The third-order valence-corrected chi connectivity index (χ3v) is 11.9. The quantitative estimate of drug-likeness (QED) is 0.530. The average molecular weight is 587 g/mol. The Hall–Kier alpha value is -2.30. The molecule has 1 spiro atoms. The van der Waals surface area contributed by atoms with Crippen molar-refractivity contribution in [2.24, 2.45) is 16.8 Å². The summed E-state index contributed by atoms with van der Waals surface area (Å²) >= 11 is 0. The minimum absolute atomic E-state index is 0.0167. The zero-order valence-corrected chi connectivity index (χ0v) is 25.9. The predicted molar refractivity (Wildman–Crippen MR) is 159 cm³/mol. The van der Waals surface area contributed by atoms with Gasteiger partial charge >= 0.3 is 0 Å². The van der Waals surface area contributed by atoms with Gasteiger partial charge in [-0.25, -0.2) is 12.7 Å². The van der Waals surface area contributed by atoms with E-state index in [0.29, 0.717) is 69.8 Å². The van der Waals surface area contributed by atoms with Crippen molar-refractivity contribution in [2.75, 3.05) is 31.9 Å². The highest BCUT2D eigenvalue weighted by molar-refractivity contribution is 7.89. The maximum atomic E-state index is 13.4. The first-order chi connectivity index (χ1) is 19.3. The first-order valence-corrected chi connectivity index (χ1v) is 16.9. The summed E-state index contributed by atoms with van der Waals surface area (Å²) in [6.07, 6.45) is 6.70. The summed E-state index contributed by atoms with van der Waals surface area (Å²) in [4.78, 5) is 32.8. The number of amidine groups is 1. The number of hydrogen-bond acceptors (Lipinski definition) is 6. The van der Waals surface area contributed by atoms with Crippen LogP contribution in [0.4, 0.5) is 0 Å². The van der Waals surface area contributed by atoms with Gasteiger partial charge in [0.05, 0.1) is 11.4 Å². The van der Waals surface area contributed by atoms with Crippen molar-refractivity contribution in [2.45, 2.75) is 96.6 Å². The summed E-state index contributed by atoms with van der Waals surface area (Å²) < 4.78 is 28.2. The molecule has 1 aliphatic carbocycles. The number of likely N-dealkylation sites (tertiary alicyclic amines) is 1. The van der Waals surface area contributed by atoms with Gasteiger partial charge in [-0.05, 0) is 100 Å². The van der Waals surface area contributed by atoms with Gasteiger partial charge in [0, 0.05) is 37.7 Å². The van der Waals surface area contributed by atoms with Crippen LogP contribution in [0.5, 0.6) is 0 Å². The van der Waals surface area contributed by atoms with E-state index in [1.165, 1.54) is 4.31 Å². The van der Waals surface area contributed by atoms with Crippen molar-refractivity contribution in [3.05, 3.63) is 34.4 Å². The van der Waals surface area contributed by atoms with Crippen LogP contribution >= 0.6 is 0 Å². The summed E-state index contributed by atoms with van der Waals surface area (Å²) in [6, 6.07) is 3.71. The molecule has 3 fully saturated rings. The van der Waals surface area contributed by atoms with Crippen LogP contribution in [0.3, 0.4) is 0 Å². The molecule has 0 bridgehead atoms. The maximum absolute atomic E-state index is 13.4. The number of carbonyl (C=O) groups excluding carboxylic acids is 2. The predicted octanol–water partition coefficient (Wildman–Crippen LogP) is 3.35. The summed E-state index contributed by atoms with van der Waals surface area (Å²) in [5, 5.41) is 13.3. The number of piperidine rings is 2. The van der Waals surface area contributed by atoms with Crippen LogP contribution in [-0.4, -0.2) is 83.5 Å². The van der Waals surface area contributed by atoms with Crippen molar-refractivity contribution < 1.29 is 23.1 Å². The number of aliphatic hydroxyl groups is 1. The van der Waals surface area contributed by atoms with Crippen molar-refractivity contribution in [1.29, 1.82) is 0 Å². The van der Waals surface area contributed by atoms with Gasteiger partial charge in [0.25, 0.3) is 11.8 Å². The van der Waals surface area contributed by atoms with E-state index in [4.69, 9.17) is 4.99 Å². The molecule has 0 aromatic heterocycles. The van der Waals surface area contributed by atoms with Crippen LogP contribution in [0.2, 0.25) is 0 Å². The molecule has 2 N–H and O–H groups in total. The Morgan fingerprint density at radius 1 is 1.02 bits per heavy atom. The van der Waals surface area contributed by atoms with E-state index in [1.807, 2.05) is 32.9 Å². The second kappa shape index (κ2) is 11.4. The van der Waals surface area contributed by atoms with E-state index in [9.17, 15) is 23.1 Å². The molecule has 1 aromatic rings. The monoisotopic (exact) mass is 586 g/mol. The van der Waals surface area contributed by atoms with Crippen molar-refractivity contribution >= 4 is 27.7 Å². The molecule has 41 heavy (non-hydrogen) atoms. The van der Waals surface area contributed by atoms with E-state index in [2.05, 4.69) is 12.2 Å². The SMILES string of the molecule is Cc1cc(C(=O)N2CCC(C)(O)CC2)cc(C)c1CCS(=O)(=O)N1CCC2(CC1)N=C(C1CCC(C)CC1)NC2=O. The van der Waals surface area contributed by atoms with Gasteiger partial charge in [-0.1, -0.05) is 19.8 Å². The smallest absolute Gasteiger partial charge is 0.253 e. The third kappa shape index (κ3) is 6.39. The summed E-state index contributed by atoms with van der Waals surface area (Å²) in [5.74, 6) is 1.71. The Morgan fingerprint density at radius 2 is 1.61 bits per heavy atom. The molecule has 9 nitrogen and oxygen atoms in total. The van der Waals surface area contributed by atoms with Crippen LogP contribution in [0.25, 0.3) is 0 Å². The molecule has 2 saturated heterocycles. The minimum atomic E-state index is -3.52. The standard InChI is InChI=1S/C31H46N4O5S/c1-21-5-7-24(8-6-21)27-32-29(37)31(33-27)12-16-35(17-13-31)41(39,40)18-9-26-22(2)19-25(20-23(26)3)28(36)34-14-10-30(4,38)11-15-34/h19-21,24,38H,5-18H2,1-4H3,(H,32,33,37). The lowest BCUT2D eigenvalue weighted by Crippen LogP contribution is -2.51. The largest absolute Gasteiger partial charge is 0.390 e. The van der Waals surface area contributed by atoms with Crippen LogP contribution in [-0.2, 0) is 21.2 Å². The highest BCUT2D eigenvalue weighted by Gasteiger charge is 2.48. The molecule has 0 radical (unpaired) electrons. The molecule has 0 atom stereocenters. The number of hydrogen-bond donors (Lipinski definition) is 2. The van der Waals surface area contributed by atoms with Gasteiger partial charge in [0.2, 0.25) is 10.0 Å². The molecule has 226 valence electrons. The van der Waals surface area contributed by atoms with Gasteiger partial charge in [-0.3, -0.25) is 14.6 Å². The van der Waals surface area contributed by atoms with E-state index in [-0.39, 0.29) is 17.6 Å². The zero-order chi connectivity index (χ0) is 29.6. The average Bonchev–Trinajstić information content (AvgIpc) is 3.23. The van der Waals surface area contributed by atoms with Crippen LogP contribution in [0.1, 0.15) is 92.3 Å². The molecule has 0 unspecified atom stereocenters. The topological polar surface area (TPSA) is 119 Å². The lowest BCUT2D eigenvalue weighted by molar-refractivity contribution is -0.125. The number of benzene rings is 1. The second-order valence-electron chi connectivity index (χ2n) is 13.3. The number of aliphatic imine (C=N–C) groups is 1. The highest BCUT2D eigenvalue weighted by atomic mass is 32.2. The van der Waals surface area contributed by atoms with E-state index >= 15 is 0 Å². The molecule has 4 aliphatic rings. The van der Waals surface area contributed by atoms with E-state index < -0.39 is 21.2 Å². The maximum Gasteiger partial charge on any atom is 0.253 e. The lowest BCUT2D eigenvalue weighted by Gasteiger charge is -2.36. The van der Waals surface area contributed by atoms with E-state index in [0.717, 1.165) is 54.1 Å². The van der Waals surface area contributed by atoms with Crippen molar-refractivity contribution in [3.63, 3.8) is 0 Å². The molecular formula is C31H46N4O5S. The first kappa shape index (κ1) is 30.2. The molecule has 3 heterocycles. The summed E-state index contributed by atoms with van der Waals surface area (Å²) in [6.45, 7) is 9.57. The number of amides is 2. The normalized spacial score (nSPS) is 26.6. The molecular weight excluding hydrogens is 540 g/mol. The second-order valence-corrected chi connectivity index (χ2v) is 15.4. The summed E-state index contributed by atoms with van der Waals surface area (Å²) in [5.41, 5.74) is 1.82. The molecule has 10 heteroatoms. The van der Waals surface area contributed by atoms with Crippen molar-refractivity contribution in [3.8, 4) is 0 Å². The van der Waals surface area contributed by atoms with Gasteiger partial charge in [-0.15, -0.1) is 0 Å². The Morgan fingerprint density at radius 3 is 2.20 bits per heavy atom. The van der Waals surface area contributed by atoms with Crippen LogP contribution in [0, 0.1) is 25.7 Å². The van der Waals surface area contributed by atoms with Gasteiger partial charge in [0.1, 0.15) is 11.4 Å².